The van der Waals surface area contributed by atoms with Crippen molar-refractivity contribution in [2.45, 2.75) is 13.3 Å². The minimum Gasteiger partial charge on any atom is -0.493 e. The molecule has 0 spiro atoms. The Bertz CT molecular complexity index is 858. The molecule has 0 fully saturated rings. The summed E-state index contributed by atoms with van der Waals surface area (Å²) in [6.07, 6.45) is 0.628. The smallest absolute Gasteiger partial charge is 0.314 e. The first kappa shape index (κ1) is 22.0. The molecule has 2 aromatic carbocycles. The molecule has 0 atom stereocenters. The van der Waals surface area contributed by atoms with Gasteiger partial charge in [-0.25, -0.2) is 9.18 Å². The number of amides is 3. The summed E-state index contributed by atoms with van der Waals surface area (Å²) in [6.45, 7) is 2.56. The Morgan fingerprint density at radius 1 is 0.897 bits per heavy atom. The van der Waals surface area contributed by atoms with Gasteiger partial charge in [-0.15, -0.1) is 0 Å². The fraction of sp³-hybridized carbons (Fsp3) is 0.333. The molecule has 0 radical (unpaired) electrons. The summed E-state index contributed by atoms with van der Waals surface area (Å²) in [5.74, 6) is 0.472. The number of benzene rings is 2. The van der Waals surface area contributed by atoms with Gasteiger partial charge in [-0.1, -0.05) is 12.1 Å². The topological polar surface area (TPSA) is 88.7 Å². The summed E-state index contributed by atoms with van der Waals surface area (Å²) < 4.78 is 23.9. The Morgan fingerprint density at radius 2 is 1.59 bits per heavy atom. The fourth-order valence-corrected chi connectivity index (χ4v) is 2.61. The third kappa shape index (κ3) is 6.67. The van der Waals surface area contributed by atoms with Crippen molar-refractivity contribution in [2.75, 3.05) is 33.9 Å². The molecule has 0 bridgehead atoms. The molecule has 3 amide bonds. The van der Waals surface area contributed by atoms with Crippen molar-refractivity contribution in [3.05, 3.63) is 58.9 Å². The van der Waals surface area contributed by atoms with Gasteiger partial charge in [-0.3, -0.25) is 4.79 Å². The van der Waals surface area contributed by atoms with E-state index in [0.717, 1.165) is 5.56 Å². The lowest BCUT2D eigenvalue weighted by atomic mass is 10.1. The SMILES string of the molecule is COc1ccc(CCNC(=O)NCCNC(=O)c2ccc(C)c(F)c2)cc1OC. The van der Waals surface area contributed by atoms with Gasteiger partial charge in [-0.2, -0.15) is 0 Å². The van der Waals surface area contributed by atoms with Crippen LogP contribution in [0.5, 0.6) is 11.5 Å². The summed E-state index contributed by atoms with van der Waals surface area (Å²) in [5.41, 5.74) is 1.72. The summed E-state index contributed by atoms with van der Waals surface area (Å²) in [5, 5.41) is 8.03. The molecule has 2 aromatic rings. The average Bonchev–Trinajstić information content (AvgIpc) is 2.72. The lowest BCUT2D eigenvalue weighted by Crippen LogP contribution is -2.40. The van der Waals surface area contributed by atoms with E-state index in [-0.39, 0.29) is 30.6 Å². The summed E-state index contributed by atoms with van der Waals surface area (Å²) in [7, 11) is 3.15. The third-order valence-corrected chi connectivity index (χ3v) is 4.28. The van der Waals surface area contributed by atoms with Crippen molar-refractivity contribution in [3.63, 3.8) is 0 Å². The molecular weight excluding hydrogens is 377 g/mol. The fourth-order valence-electron chi connectivity index (χ4n) is 2.61. The maximum Gasteiger partial charge on any atom is 0.314 e. The van der Waals surface area contributed by atoms with Crippen LogP contribution in [-0.2, 0) is 6.42 Å². The van der Waals surface area contributed by atoms with Crippen LogP contribution in [0.4, 0.5) is 9.18 Å². The number of nitrogens with one attached hydrogen (secondary N) is 3. The zero-order chi connectivity index (χ0) is 21.2. The van der Waals surface area contributed by atoms with Gasteiger partial charge in [0.15, 0.2) is 11.5 Å². The quantitative estimate of drug-likeness (QED) is 0.561. The minimum absolute atomic E-state index is 0.234. The molecule has 0 unspecified atom stereocenters. The van der Waals surface area contributed by atoms with E-state index in [1.54, 1.807) is 33.3 Å². The third-order valence-electron chi connectivity index (χ3n) is 4.28. The predicted molar refractivity (Wildman–Crippen MR) is 108 cm³/mol. The van der Waals surface area contributed by atoms with E-state index in [1.165, 1.54) is 6.07 Å². The highest BCUT2D eigenvalue weighted by Gasteiger charge is 2.08. The Hall–Kier alpha value is -3.29. The number of hydrogen-bond donors (Lipinski definition) is 3. The van der Waals surface area contributed by atoms with E-state index >= 15 is 0 Å². The zero-order valence-electron chi connectivity index (χ0n) is 16.8. The second kappa shape index (κ2) is 10.9. The maximum absolute atomic E-state index is 13.5. The van der Waals surface area contributed by atoms with Crippen LogP contribution in [-0.4, -0.2) is 45.8 Å². The zero-order valence-corrected chi connectivity index (χ0v) is 16.8. The Labute approximate surface area is 169 Å². The average molecular weight is 403 g/mol. The van der Waals surface area contributed by atoms with Crippen molar-refractivity contribution >= 4 is 11.9 Å². The van der Waals surface area contributed by atoms with Crippen LogP contribution in [0.25, 0.3) is 0 Å². The highest BCUT2D eigenvalue weighted by atomic mass is 19.1. The first-order valence-electron chi connectivity index (χ1n) is 9.21. The molecule has 7 nitrogen and oxygen atoms in total. The monoisotopic (exact) mass is 403 g/mol. The van der Waals surface area contributed by atoms with Crippen LogP contribution < -0.4 is 25.4 Å². The molecule has 156 valence electrons. The lowest BCUT2D eigenvalue weighted by molar-refractivity contribution is 0.0953. The van der Waals surface area contributed by atoms with Crippen molar-refractivity contribution < 1.29 is 23.5 Å². The van der Waals surface area contributed by atoms with Crippen LogP contribution in [0.3, 0.4) is 0 Å². The number of rotatable bonds is 9. The number of carbonyl (C=O) groups excluding carboxylic acids is 2. The Balaban J connectivity index is 1.66. The van der Waals surface area contributed by atoms with Crippen LogP contribution in [0.15, 0.2) is 36.4 Å². The lowest BCUT2D eigenvalue weighted by Gasteiger charge is -2.11. The van der Waals surface area contributed by atoms with E-state index in [4.69, 9.17) is 9.47 Å². The van der Waals surface area contributed by atoms with E-state index < -0.39 is 5.82 Å². The van der Waals surface area contributed by atoms with E-state index in [2.05, 4.69) is 16.0 Å². The minimum atomic E-state index is -0.426. The molecule has 3 N–H and O–H groups in total. The molecular formula is C21H26FN3O4. The molecule has 2 rings (SSSR count). The van der Waals surface area contributed by atoms with E-state index in [1.807, 2.05) is 18.2 Å². The van der Waals surface area contributed by atoms with Gasteiger partial charge in [0, 0.05) is 25.2 Å². The second-order valence-corrected chi connectivity index (χ2v) is 6.34. The van der Waals surface area contributed by atoms with Crippen LogP contribution in [0.2, 0.25) is 0 Å². The number of methoxy groups -OCH3 is 2. The van der Waals surface area contributed by atoms with Crippen molar-refractivity contribution in [1.29, 1.82) is 0 Å². The van der Waals surface area contributed by atoms with Crippen molar-refractivity contribution in [3.8, 4) is 11.5 Å². The molecule has 0 aliphatic rings. The maximum atomic E-state index is 13.5. The van der Waals surface area contributed by atoms with Gasteiger partial charge in [0.1, 0.15) is 5.82 Å². The number of halogens is 1. The largest absolute Gasteiger partial charge is 0.493 e. The van der Waals surface area contributed by atoms with Crippen LogP contribution in [0.1, 0.15) is 21.5 Å². The number of ether oxygens (including phenoxy) is 2. The molecule has 0 aliphatic heterocycles. The first-order valence-corrected chi connectivity index (χ1v) is 9.21. The standard InChI is InChI=1S/C21H26FN3O4/c1-14-4-6-16(13-17(14)22)20(26)23-10-11-25-21(27)24-9-8-15-5-7-18(28-2)19(12-15)29-3/h4-7,12-13H,8-11H2,1-3H3,(H,23,26)(H2,24,25,27). The highest BCUT2D eigenvalue weighted by molar-refractivity contribution is 5.94. The van der Waals surface area contributed by atoms with Gasteiger partial charge in [-0.05, 0) is 48.7 Å². The van der Waals surface area contributed by atoms with Gasteiger partial charge in [0.05, 0.1) is 14.2 Å². The highest BCUT2D eigenvalue weighted by Crippen LogP contribution is 2.27. The second-order valence-electron chi connectivity index (χ2n) is 6.34. The van der Waals surface area contributed by atoms with Crippen molar-refractivity contribution in [1.82, 2.24) is 16.0 Å². The molecule has 0 saturated heterocycles. The molecule has 0 saturated carbocycles. The summed E-state index contributed by atoms with van der Waals surface area (Å²) >= 11 is 0. The summed E-state index contributed by atoms with van der Waals surface area (Å²) in [4.78, 5) is 23.8. The number of carbonyl (C=O) groups is 2. The molecule has 0 aliphatic carbocycles. The molecule has 8 heteroatoms. The molecule has 0 heterocycles. The number of aryl methyl sites for hydroxylation is 1. The number of hydrogen-bond acceptors (Lipinski definition) is 4. The van der Waals surface area contributed by atoms with Gasteiger partial charge >= 0.3 is 6.03 Å². The van der Waals surface area contributed by atoms with Gasteiger partial charge in [0.25, 0.3) is 5.91 Å². The summed E-state index contributed by atoms with van der Waals surface area (Å²) in [6, 6.07) is 9.56. The molecule has 29 heavy (non-hydrogen) atoms. The van der Waals surface area contributed by atoms with Crippen molar-refractivity contribution in [2.24, 2.45) is 0 Å². The van der Waals surface area contributed by atoms with Gasteiger partial charge < -0.3 is 25.4 Å². The van der Waals surface area contributed by atoms with E-state index in [0.29, 0.717) is 30.0 Å². The number of urea groups is 1. The molecule has 0 aromatic heterocycles. The van der Waals surface area contributed by atoms with Gasteiger partial charge in [0.2, 0.25) is 0 Å². The van der Waals surface area contributed by atoms with Crippen LogP contribution in [0, 0.1) is 12.7 Å². The predicted octanol–water partition coefficient (Wildman–Crippen LogP) is 2.42. The van der Waals surface area contributed by atoms with Crippen LogP contribution >= 0.6 is 0 Å². The normalized spacial score (nSPS) is 10.2. The van der Waals surface area contributed by atoms with E-state index in [9.17, 15) is 14.0 Å². The Morgan fingerprint density at radius 3 is 2.28 bits per heavy atom. The Kier molecular flexibility index (Phi) is 8.27. The first-order chi connectivity index (χ1) is 13.9.